The van der Waals surface area contributed by atoms with Gasteiger partial charge >= 0.3 is 5.69 Å². The van der Waals surface area contributed by atoms with E-state index in [4.69, 9.17) is 11.6 Å². The van der Waals surface area contributed by atoms with Crippen molar-refractivity contribution in [1.82, 2.24) is 14.1 Å². The van der Waals surface area contributed by atoms with Crippen molar-refractivity contribution in [1.29, 1.82) is 0 Å². The van der Waals surface area contributed by atoms with E-state index in [1.807, 2.05) is 24.3 Å². The van der Waals surface area contributed by atoms with Gasteiger partial charge in [0.1, 0.15) is 5.65 Å². The van der Waals surface area contributed by atoms with Gasteiger partial charge in [0.2, 0.25) is 0 Å². The first-order chi connectivity index (χ1) is 12.9. The van der Waals surface area contributed by atoms with Gasteiger partial charge in [0.25, 0.3) is 5.56 Å². The fraction of sp³-hybridized carbons (Fsp3) is 0.350. The van der Waals surface area contributed by atoms with Crippen LogP contribution >= 0.6 is 23.4 Å². The van der Waals surface area contributed by atoms with Crippen LogP contribution in [0.3, 0.4) is 0 Å². The van der Waals surface area contributed by atoms with Gasteiger partial charge in [0.05, 0.1) is 5.39 Å². The molecule has 0 aliphatic rings. The standard InChI is InChI=1S/C20H22ClN3O2S/c1-4-5-6-14-11-22-18-16(19(25)24(3)20(26)23(18)2)17(14)27-12-13-7-9-15(21)10-8-13/h7-11H,4-6,12H2,1-3H3. The maximum absolute atomic E-state index is 12.9. The summed E-state index contributed by atoms with van der Waals surface area (Å²) < 4.78 is 2.59. The van der Waals surface area contributed by atoms with Gasteiger partial charge in [-0.2, -0.15) is 0 Å². The number of halogens is 1. The summed E-state index contributed by atoms with van der Waals surface area (Å²) in [7, 11) is 3.16. The van der Waals surface area contributed by atoms with Gasteiger partial charge < -0.3 is 0 Å². The van der Waals surface area contributed by atoms with E-state index in [1.54, 1.807) is 25.0 Å². The molecular weight excluding hydrogens is 382 g/mol. The van der Waals surface area contributed by atoms with Crippen LogP contribution in [0.2, 0.25) is 5.02 Å². The zero-order chi connectivity index (χ0) is 19.6. The van der Waals surface area contributed by atoms with Crippen molar-refractivity contribution < 1.29 is 0 Å². The quantitative estimate of drug-likeness (QED) is 0.585. The largest absolute Gasteiger partial charge is 0.332 e. The molecule has 2 aromatic heterocycles. The van der Waals surface area contributed by atoms with Gasteiger partial charge in [-0.1, -0.05) is 37.1 Å². The first-order valence-electron chi connectivity index (χ1n) is 8.88. The molecule has 0 unspecified atom stereocenters. The molecule has 0 spiro atoms. The van der Waals surface area contributed by atoms with E-state index in [0.29, 0.717) is 21.8 Å². The Morgan fingerprint density at radius 2 is 1.81 bits per heavy atom. The molecule has 3 rings (SSSR count). The first-order valence-corrected chi connectivity index (χ1v) is 10.2. The van der Waals surface area contributed by atoms with Crippen LogP contribution in [0, 0.1) is 0 Å². The molecule has 0 bridgehead atoms. The Kier molecular flexibility index (Phi) is 6.07. The molecule has 0 saturated carbocycles. The van der Waals surface area contributed by atoms with E-state index in [2.05, 4.69) is 11.9 Å². The third-order valence-electron chi connectivity index (χ3n) is 4.59. The third kappa shape index (κ3) is 3.96. The predicted molar refractivity (Wildman–Crippen MR) is 112 cm³/mol. The minimum Gasteiger partial charge on any atom is -0.280 e. The number of aromatic nitrogens is 3. The highest BCUT2D eigenvalue weighted by Crippen LogP contribution is 2.31. The molecular formula is C20H22ClN3O2S. The summed E-state index contributed by atoms with van der Waals surface area (Å²) in [4.78, 5) is 30.5. The average molecular weight is 404 g/mol. The summed E-state index contributed by atoms with van der Waals surface area (Å²) in [5.41, 5.74) is 1.95. The van der Waals surface area contributed by atoms with Gasteiger partial charge in [0, 0.05) is 36.0 Å². The highest BCUT2D eigenvalue weighted by Gasteiger charge is 2.17. The summed E-state index contributed by atoms with van der Waals surface area (Å²) in [6.45, 7) is 2.14. The molecule has 27 heavy (non-hydrogen) atoms. The van der Waals surface area contributed by atoms with Crippen molar-refractivity contribution in [3.05, 3.63) is 67.4 Å². The Morgan fingerprint density at radius 3 is 2.48 bits per heavy atom. The van der Waals surface area contributed by atoms with Gasteiger partial charge in [-0.15, -0.1) is 11.8 Å². The van der Waals surface area contributed by atoms with Crippen molar-refractivity contribution >= 4 is 34.4 Å². The number of fused-ring (bicyclic) bond motifs is 1. The smallest absolute Gasteiger partial charge is 0.280 e. The number of benzene rings is 1. The molecule has 0 fully saturated rings. The Hall–Kier alpha value is -2.05. The van der Waals surface area contributed by atoms with E-state index in [0.717, 1.165) is 39.9 Å². The maximum atomic E-state index is 12.9. The molecule has 0 aliphatic heterocycles. The molecule has 5 nitrogen and oxygen atoms in total. The van der Waals surface area contributed by atoms with Crippen LogP contribution in [0.5, 0.6) is 0 Å². The Morgan fingerprint density at radius 1 is 1.11 bits per heavy atom. The molecule has 0 saturated heterocycles. The normalized spacial score (nSPS) is 11.3. The number of nitrogens with zero attached hydrogens (tertiary/aromatic N) is 3. The van der Waals surface area contributed by atoms with Gasteiger partial charge in [-0.3, -0.25) is 13.9 Å². The molecule has 142 valence electrons. The minimum atomic E-state index is -0.366. The van der Waals surface area contributed by atoms with Crippen LogP contribution < -0.4 is 11.2 Å². The van der Waals surface area contributed by atoms with Crippen LogP contribution in [-0.4, -0.2) is 14.1 Å². The number of hydrogen-bond acceptors (Lipinski definition) is 4. The number of hydrogen-bond donors (Lipinski definition) is 0. The molecule has 0 N–H and O–H groups in total. The lowest BCUT2D eigenvalue weighted by Gasteiger charge is -2.14. The lowest BCUT2D eigenvalue weighted by molar-refractivity contribution is 0.703. The molecule has 3 aromatic rings. The molecule has 7 heteroatoms. The van der Waals surface area contributed by atoms with E-state index in [9.17, 15) is 9.59 Å². The van der Waals surface area contributed by atoms with E-state index in [1.165, 1.54) is 11.6 Å². The van der Waals surface area contributed by atoms with Crippen LogP contribution in [0.15, 0.2) is 44.9 Å². The van der Waals surface area contributed by atoms with Crippen molar-refractivity contribution in [2.45, 2.75) is 36.8 Å². The topological polar surface area (TPSA) is 56.9 Å². The minimum absolute atomic E-state index is 0.294. The Bertz CT molecular complexity index is 1090. The van der Waals surface area contributed by atoms with Crippen molar-refractivity contribution in [2.24, 2.45) is 14.1 Å². The summed E-state index contributed by atoms with van der Waals surface area (Å²) in [6.07, 6.45) is 4.74. The second-order valence-corrected chi connectivity index (χ2v) is 7.96. The molecule has 1 aromatic carbocycles. The number of aryl methyl sites for hydroxylation is 2. The fourth-order valence-electron chi connectivity index (χ4n) is 2.99. The predicted octanol–water partition coefficient (Wildman–Crippen LogP) is 3.92. The molecule has 0 atom stereocenters. The maximum Gasteiger partial charge on any atom is 0.332 e. The molecule has 0 radical (unpaired) electrons. The fourth-order valence-corrected chi connectivity index (χ4v) is 4.28. The van der Waals surface area contributed by atoms with Gasteiger partial charge in [-0.25, -0.2) is 9.78 Å². The Labute approximate surface area is 167 Å². The van der Waals surface area contributed by atoms with Gasteiger partial charge in [-0.05, 0) is 36.1 Å². The second kappa shape index (κ2) is 8.31. The van der Waals surface area contributed by atoms with Gasteiger partial charge in [0.15, 0.2) is 0 Å². The van der Waals surface area contributed by atoms with Crippen LogP contribution in [0.1, 0.15) is 30.9 Å². The number of rotatable bonds is 6. The Balaban J connectivity index is 2.14. The lowest BCUT2D eigenvalue weighted by Crippen LogP contribution is -2.37. The number of unbranched alkanes of at least 4 members (excludes halogenated alkanes) is 1. The van der Waals surface area contributed by atoms with Crippen molar-refractivity contribution in [2.75, 3.05) is 0 Å². The number of thioether (sulfide) groups is 1. The zero-order valence-electron chi connectivity index (χ0n) is 15.7. The van der Waals surface area contributed by atoms with Crippen LogP contribution in [-0.2, 0) is 26.3 Å². The summed E-state index contributed by atoms with van der Waals surface area (Å²) in [5, 5.41) is 1.22. The first kappa shape index (κ1) is 19.7. The van der Waals surface area contributed by atoms with Crippen LogP contribution in [0.25, 0.3) is 11.0 Å². The highest BCUT2D eigenvalue weighted by atomic mass is 35.5. The van der Waals surface area contributed by atoms with Crippen LogP contribution in [0.4, 0.5) is 0 Å². The third-order valence-corrected chi connectivity index (χ3v) is 6.08. The molecule has 2 heterocycles. The SMILES string of the molecule is CCCCc1cnc2c(c1SCc1ccc(Cl)cc1)c(=O)n(C)c(=O)n2C. The van der Waals surface area contributed by atoms with Crippen molar-refractivity contribution in [3.8, 4) is 0 Å². The number of pyridine rings is 1. The van der Waals surface area contributed by atoms with E-state index in [-0.39, 0.29) is 11.2 Å². The lowest BCUT2D eigenvalue weighted by atomic mass is 10.1. The summed E-state index contributed by atoms with van der Waals surface area (Å²) in [5.74, 6) is 0.710. The van der Waals surface area contributed by atoms with E-state index < -0.39 is 0 Å². The zero-order valence-corrected chi connectivity index (χ0v) is 17.2. The highest BCUT2D eigenvalue weighted by molar-refractivity contribution is 7.98. The van der Waals surface area contributed by atoms with Crippen molar-refractivity contribution in [3.63, 3.8) is 0 Å². The molecule has 0 amide bonds. The second-order valence-electron chi connectivity index (χ2n) is 6.54. The summed E-state index contributed by atoms with van der Waals surface area (Å²) in [6, 6.07) is 7.70. The monoisotopic (exact) mass is 403 g/mol. The van der Waals surface area contributed by atoms with E-state index >= 15 is 0 Å². The molecule has 0 aliphatic carbocycles. The summed E-state index contributed by atoms with van der Waals surface area (Å²) >= 11 is 7.58. The average Bonchev–Trinajstić information content (AvgIpc) is 2.68.